The quantitative estimate of drug-likeness (QED) is 0.0933. The van der Waals surface area contributed by atoms with Crippen LogP contribution in [0.25, 0.3) is 22.2 Å². The fourth-order valence-electron chi connectivity index (χ4n) is 7.81. The van der Waals surface area contributed by atoms with Crippen LogP contribution in [0.2, 0.25) is 0 Å². The van der Waals surface area contributed by atoms with Gasteiger partial charge in [0.1, 0.15) is 28.1 Å². The van der Waals surface area contributed by atoms with E-state index >= 15 is 0 Å². The predicted molar refractivity (Wildman–Crippen MR) is 220 cm³/mol. The van der Waals surface area contributed by atoms with E-state index in [1.54, 1.807) is 32.0 Å². The summed E-state index contributed by atoms with van der Waals surface area (Å²) < 4.78 is 17.0. The molecule has 2 saturated heterocycles. The number of nitrogens with two attached hydrogens (primary N) is 3. The Labute approximate surface area is 340 Å². The highest BCUT2D eigenvalue weighted by Gasteiger charge is 2.42. The number of hydrogen-bond donors (Lipinski definition) is 4. The van der Waals surface area contributed by atoms with Gasteiger partial charge in [-0.1, -0.05) is 12.2 Å². The van der Waals surface area contributed by atoms with E-state index in [-0.39, 0.29) is 42.2 Å². The van der Waals surface area contributed by atoms with E-state index in [9.17, 15) is 19.2 Å². The number of amides is 4. The molecule has 0 bridgehead atoms. The van der Waals surface area contributed by atoms with Crippen LogP contribution < -0.4 is 27.3 Å². The number of allylic oxidation sites excluding steroid dienone is 2. The molecule has 5 aromatic rings. The van der Waals surface area contributed by atoms with E-state index in [0.717, 1.165) is 26.1 Å². The smallest absolute Gasteiger partial charge is 0.410 e. The van der Waals surface area contributed by atoms with E-state index in [2.05, 4.69) is 30.3 Å². The maximum absolute atomic E-state index is 13.4. The van der Waals surface area contributed by atoms with Crippen molar-refractivity contribution in [3.63, 3.8) is 0 Å². The van der Waals surface area contributed by atoms with Crippen LogP contribution >= 0.6 is 0 Å². The van der Waals surface area contributed by atoms with Gasteiger partial charge < -0.3 is 41.0 Å². The van der Waals surface area contributed by atoms with Crippen LogP contribution in [0.15, 0.2) is 42.6 Å². The lowest BCUT2D eigenvalue weighted by atomic mass is 10.0. The molecular weight excluding hydrogens is 759 g/mol. The average Bonchev–Trinajstić information content (AvgIpc) is 3.98. The van der Waals surface area contributed by atoms with Gasteiger partial charge in [-0.25, -0.2) is 19.7 Å². The number of imidazole rings is 2. The molecule has 0 aliphatic carbocycles. The molecule has 2 atom stereocenters. The number of benzene rings is 1. The lowest BCUT2D eigenvalue weighted by Gasteiger charge is -2.26. The maximum atomic E-state index is 13.4. The van der Waals surface area contributed by atoms with Crippen molar-refractivity contribution < 1.29 is 28.7 Å². The van der Waals surface area contributed by atoms with Crippen LogP contribution in [0.3, 0.4) is 0 Å². The molecule has 0 spiro atoms. The van der Waals surface area contributed by atoms with Crippen LogP contribution in [-0.2, 0) is 24.4 Å². The molecule has 2 fully saturated rings. The van der Waals surface area contributed by atoms with Gasteiger partial charge in [-0.2, -0.15) is 5.10 Å². The molecule has 59 heavy (non-hydrogen) atoms. The molecule has 0 unspecified atom stereocenters. The second-order valence-corrected chi connectivity index (χ2v) is 16.0. The summed E-state index contributed by atoms with van der Waals surface area (Å²) >= 11 is 0. The first-order chi connectivity index (χ1) is 28.1. The minimum absolute atomic E-state index is 0.182. The fourth-order valence-corrected chi connectivity index (χ4v) is 7.81. The van der Waals surface area contributed by atoms with Crippen molar-refractivity contribution in [3.8, 4) is 5.75 Å². The lowest BCUT2D eigenvalue weighted by Crippen LogP contribution is -2.37. The average molecular weight is 810 g/mol. The zero-order chi connectivity index (χ0) is 42.2. The third kappa shape index (κ3) is 8.84. The number of primary amides is 2. The molecule has 1 aromatic carbocycles. The normalized spacial score (nSPS) is 17.0. The summed E-state index contributed by atoms with van der Waals surface area (Å²) in [6.07, 6.45) is 5.59. The number of nitrogens with one attached hydrogen (secondary N) is 1. The summed E-state index contributed by atoms with van der Waals surface area (Å²) in [6.45, 7) is 14.7. The fraction of sp³-hybridized carbons (Fsp3) is 0.450. The van der Waals surface area contributed by atoms with Gasteiger partial charge in [-0.3, -0.25) is 28.9 Å². The molecule has 2 aliphatic rings. The summed E-state index contributed by atoms with van der Waals surface area (Å²) in [6, 6.07) is 6.43. The number of likely N-dealkylation sites (tertiary alicyclic amines) is 2. The van der Waals surface area contributed by atoms with Crippen LogP contribution in [0.4, 0.5) is 16.7 Å². The van der Waals surface area contributed by atoms with Gasteiger partial charge in [-0.05, 0) is 77.1 Å². The third-order valence-corrected chi connectivity index (χ3v) is 10.5. The molecule has 4 amide bonds. The number of anilines is 2. The molecule has 19 heteroatoms. The minimum Gasteiger partial charge on any atom is -0.491 e. The van der Waals surface area contributed by atoms with E-state index in [0.29, 0.717) is 77.4 Å². The van der Waals surface area contributed by atoms with Crippen molar-refractivity contribution in [2.75, 3.05) is 50.4 Å². The number of ether oxygens (including phenoxy) is 2. The Morgan fingerprint density at radius 1 is 0.915 bits per heavy atom. The molecule has 2 aliphatic heterocycles. The maximum Gasteiger partial charge on any atom is 0.410 e. The highest BCUT2D eigenvalue weighted by molar-refractivity contribution is 6.03. The molecule has 0 saturated carbocycles. The van der Waals surface area contributed by atoms with Gasteiger partial charge in [0.25, 0.3) is 5.91 Å². The number of rotatable bonds is 14. The van der Waals surface area contributed by atoms with Crippen LogP contribution in [-0.4, -0.2) is 112 Å². The van der Waals surface area contributed by atoms with Crippen molar-refractivity contribution in [1.29, 1.82) is 0 Å². The molecule has 7 N–H and O–H groups in total. The Balaban J connectivity index is 1.03. The molecule has 6 heterocycles. The monoisotopic (exact) mass is 809 g/mol. The highest BCUT2D eigenvalue weighted by atomic mass is 16.6. The summed E-state index contributed by atoms with van der Waals surface area (Å²) in [4.78, 5) is 67.9. The number of carbonyl (C=O) groups excluding carboxylic acids is 4. The van der Waals surface area contributed by atoms with Gasteiger partial charge in [0.15, 0.2) is 5.65 Å². The van der Waals surface area contributed by atoms with Gasteiger partial charge in [0.2, 0.25) is 23.7 Å². The first-order valence-corrected chi connectivity index (χ1v) is 19.7. The Hall–Kier alpha value is -6.50. The Bertz CT molecular complexity index is 2440. The van der Waals surface area contributed by atoms with Gasteiger partial charge >= 0.3 is 6.09 Å². The summed E-state index contributed by atoms with van der Waals surface area (Å²) in [7, 11) is 0. The van der Waals surface area contributed by atoms with Crippen molar-refractivity contribution in [2.24, 2.45) is 23.3 Å². The largest absolute Gasteiger partial charge is 0.491 e. The number of pyridine rings is 1. The summed E-state index contributed by atoms with van der Waals surface area (Å²) in [5.41, 5.74) is 20.5. The standard InChI is InChI=1S/C40H51N13O6/c1-6-53-30(14-23(2)48-53)36(56)47-38-46-29-16-25(34(42)55)18-44-35(29)52(38)12-8-7-11-51-32-28(45-37(51)43)15-24(33(41)54)17-31(32)58-13-9-10-49-19-26-21-50(22-27(26)20-49)39(57)59-40(3,4)5/h7-8,14-18,26-27H,6,9-13,19-22H2,1-5H3,(H2,41,54)(H2,42,55)(H2,43,45)(H,46,47,56)/b8-7+/t26-,27+. The van der Waals surface area contributed by atoms with E-state index in [1.807, 2.05) is 51.7 Å². The number of aromatic nitrogens is 7. The number of nitrogens with zero attached hydrogens (tertiary/aromatic N) is 9. The Morgan fingerprint density at radius 3 is 2.25 bits per heavy atom. The van der Waals surface area contributed by atoms with E-state index in [4.69, 9.17) is 26.7 Å². The molecule has 0 radical (unpaired) electrons. The molecule has 19 nitrogen and oxygen atoms in total. The zero-order valence-corrected chi connectivity index (χ0v) is 34.0. The second kappa shape index (κ2) is 16.4. The summed E-state index contributed by atoms with van der Waals surface area (Å²) in [5, 5.41) is 7.25. The van der Waals surface area contributed by atoms with Crippen LogP contribution in [0, 0.1) is 18.8 Å². The molecule has 312 valence electrons. The zero-order valence-electron chi connectivity index (χ0n) is 34.0. The second-order valence-electron chi connectivity index (χ2n) is 16.0. The SMILES string of the molecule is CCn1nc(C)cc1C(=O)Nc1nc2cc(C(N)=O)cnc2n1C/C=C/Cn1c(N)nc2cc(C(N)=O)cc(OCCCN3C[C@@H]4CN(C(=O)OC(C)(C)C)C[C@@H]4C3)c21. The van der Waals surface area contributed by atoms with Crippen molar-refractivity contribution in [1.82, 2.24) is 43.7 Å². The number of carbonyl (C=O) groups is 4. The number of fused-ring (bicyclic) bond motifs is 3. The predicted octanol–water partition coefficient (Wildman–Crippen LogP) is 3.16. The molecule has 4 aromatic heterocycles. The number of aryl methyl sites for hydroxylation is 2. The molecule has 7 rings (SSSR count). The first-order valence-electron chi connectivity index (χ1n) is 19.7. The Kier molecular flexibility index (Phi) is 11.3. The van der Waals surface area contributed by atoms with Gasteiger partial charge in [0, 0.05) is 64.1 Å². The topological polar surface area (TPSA) is 250 Å². The Morgan fingerprint density at radius 2 is 1.59 bits per heavy atom. The van der Waals surface area contributed by atoms with E-state index in [1.165, 1.54) is 12.3 Å². The van der Waals surface area contributed by atoms with Crippen LogP contribution in [0.1, 0.15) is 71.0 Å². The van der Waals surface area contributed by atoms with Crippen LogP contribution in [0.5, 0.6) is 5.75 Å². The van der Waals surface area contributed by atoms with Crippen molar-refractivity contribution >= 4 is 57.9 Å². The molecular formula is C40H51N13O6. The number of hydrogen-bond acceptors (Lipinski definition) is 12. The highest BCUT2D eigenvalue weighted by Crippen LogP contribution is 2.33. The van der Waals surface area contributed by atoms with E-state index < -0.39 is 23.3 Å². The third-order valence-electron chi connectivity index (χ3n) is 10.5. The van der Waals surface area contributed by atoms with Gasteiger partial charge in [0.05, 0.1) is 23.4 Å². The number of nitrogen functional groups attached to an aromatic ring is 1. The lowest BCUT2D eigenvalue weighted by molar-refractivity contribution is 0.0274. The summed E-state index contributed by atoms with van der Waals surface area (Å²) in [5.74, 6) is 0.00389. The first kappa shape index (κ1) is 40.7. The minimum atomic E-state index is -0.651. The van der Waals surface area contributed by atoms with Crippen molar-refractivity contribution in [3.05, 3.63) is 65.1 Å². The van der Waals surface area contributed by atoms with Crippen molar-refractivity contribution in [2.45, 2.75) is 66.3 Å². The van der Waals surface area contributed by atoms with Gasteiger partial charge in [-0.15, -0.1) is 0 Å².